The van der Waals surface area contributed by atoms with Crippen LogP contribution < -0.4 is 32.0 Å². The topological polar surface area (TPSA) is 306 Å². The molecule has 2 aromatic carbocycles. The summed E-state index contributed by atoms with van der Waals surface area (Å²) >= 11 is 5.43. The number of thiocarbonyl (C=S) groups is 1. The first-order valence-corrected chi connectivity index (χ1v) is 20.9. The maximum atomic E-state index is 12.7. The molecule has 0 spiro atoms. The minimum atomic E-state index is -1.48. The van der Waals surface area contributed by atoms with Crippen LogP contribution in [0.2, 0.25) is 0 Å². The molecule has 0 aromatic heterocycles. The molecule has 0 saturated heterocycles. The molecule has 3 amide bonds. The molecule has 20 nitrogen and oxygen atoms in total. The summed E-state index contributed by atoms with van der Waals surface area (Å²) in [7, 11) is 0. The van der Waals surface area contributed by atoms with E-state index in [0.717, 1.165) is 22.1 Å². The number of carbonyl (C=O) groups is 8. The number of ether oxygens (including phenoxy) is 2. The molecular formula is C44H49N5O15S. The van der Waals surface area contributed by atoms with Gasteiger partial charge < -0.3 is 55.8 Å². The second-order valence-corrected chi connectivity index (χ2v) is 15.1. The number of nitrogens with one attached hydrogen (secondary N) is 5. The molecule has 1 aliphatic heterocycles. The van der Waals surface area contributed by atoms with Crippen molar-refractivity contribution in [3.8, 4) is 28.2 Å². The van der Waals surface area contributed by atoms with Crippen LogP contribution in [0.4, 0.5) is 10.5 Å². The minimum absolute atomic E-state index is 0.000690. The van der Waals surface area contributed by atoms with Crippen molar-refractivity contribution in [1.82, 2.24) is 21.3 Å². The molecule has 3 atom stereocenters. The molecule has 21 heteroatoms. The zero-order valence-corrected chi connectivity index (χ0v) is 35.8. The van der Waals surface area contributed by atoms with E-state index in [-0.39, 0.29) is 100 Å². The smallest absolute Gasteiger partial charge is 0.326 e. The first-order valence-electron chi connectivity index (χ1n) is 20.5. The van der Waals surface area contributed by atoms with Crippen molar-refractivity contribution in [2.75, 3.05) is 18.4 Å². The maximum Gasteiger partial charge on any atom is 0.326 e. The number of carboxylic acids is 2. The predicted molar refractivity (Wildman–Crippen MR) is 237 cm³/mol. The summed E-state index contributed by atoms with van der Waals surface area (Å²) in [6.07, 6.45) is -2.57. The Morgan fingerprint density at radius 3 is 2.15 bits per heavy atom. The van der Waals surface area contributed by atoms with E-state index in [1.165, 1.54) is 18.2 Å². The fourth-order valence-corrected chi connectivity index (χ4v) is 6.85. The predicted octanol–water partition coefficient (Wildman–Crippen LogP) is 3.98. The number of carbonyl (C=O) groups excluding carboxylic acids is 6. The zero-order valence-electron chi connectivity index (χ0n) is 35.0. The average Bonchev–Trinajstić information content (AvgIpc) is 3.25. The Bertz CT molecular complexity index is 2370. The van der Waals surface area contributed by atoms with Gasteiger partial charge in [-0.1, -0.05) is 12.1 Å². The summed E-state index contributed by atoms with van der Waals surface area (Å²) < 4.78 is 15.6. The average molecular weight is 920 g/mol. The number of phenolic OH excluding ortho intramolecular Hbond substituents is 1. The molecule has 8 N–H and O–H groups in total. The van der Waals surface area contributed by atoms with Crippen molar-refractivity contribution in [3.63, 3.8) is 0 Å². The van der Waals surface area contributed by atoms with Crippen molar-refractivity contribution < 1.29 is 67.6 Å². The lowest BCUT2D eigenvalue weighted by Gasteiger charge is -2.19. The Balaban J connectivity index is 1.11. The zero-order chi connectivity index (χ0) is 47.3. The number of phenols is 1. The van der Waals surface area contributed by atoms with Gasteiger partial charge in [0.2, 0.25) is 5.91 Å². The number of aromatic hydroxyl groups is 1. The lowest BCUT2D eigenvalue weighted by molar-refractivity contribution is -0.141. The van der Waals surface area contributed by atoms with E-state index < -0.39 is 48.7 Å². The highest BCUT2D eigenvalue weighted by Gasteiger charge is 2.24. The fraction of sp³-hybridized carbons (Fsp3) is 0.364. The van der Waals surface area contributed by atoms with Crippen molar-refractivity contribution in [2.45, 2.75) is 89.0 Å². The van der Waals surface area contributed by atoms with Crippen LogP contribution in [0, 0.1) is 0 Å². The van der Waals surface area contributed by atoms with Crippen molar-refractivity contribution in [2.24, 2.45) is 0 Å². The standard InChI is InChI=1S/C44H49N5O15S/c50-24-62-32(12-16-38(56)45-19-1-3-28(52)11-15-35(42(59)60)48-43(61)49-39(63-25-51)17-18-40(57)58)21-29(53)4-2-20-46-44(65)47-27-7-5-26(6-8-27)41-33-13-9-30(54)22-36(33)64-37-23-31(55)10-14-34(37)41/h5-10,13-14,22-25,32,35,39,54H,1-4,11-12,15-21H2,(H,45,56)(H,57,58)(H,59,60)(H2,46,47,65)(H2,48,49,61)/t32-,35+,39-/m1/s1. The van der Waals surface area contributed by atoms with E-state index in [2.05, 4.69) is 31.3 Å². The van der Waals surface area contributed by atoms with Crippen LogP contribution in [-0.4, -0.2) is 100 Å². The monoisotopic (exact) mass is 919 g/mol. The first-order chi connectivity index (χ1) is 31.1. The molecule has 0 bridgehead atoms. The van der Waals surface area contributed by atoms with Gasteiger partial charge in [0, 0.05) is 85.9 Å². The van der Waals surface area contributed by atoms with Gasteiger partial charge in [-0.05, 0) is 79.9 Å². The Kier molecular flexibility index (Phi) is 19.8. The number of ketones is 2. The number of amides is 3. The summed E-state index contributed by atoms with van der Waals surface area (Å²) in [6, 6.07) is 14.3. The molecule has 65 heavy (non-hydrogen) atoms. The summed E-state index contributed by atoms with van der Waals surface area (Å²) in [4.78, 5) is 106. The lowest BCUT2D eigenvalue weighted by Crippen LogP contribution is -2.49. The van der Waals surface area contributed by atoms with Gasteiger partial charge in [-0.25, -0.2) is 9.59 Å². The number of urea groups is 1. The molecule has 0 unspecified atom stereocenters. The number of rotatable bonds is 28. The van der Waals surface area contributed by atoms with Crippen LogP contribution in [0.1, 0.15) is 70.6 Å². The van der Waals surface area contributed by atoms with Crippen molar-refractivity contribution in [3.05, 3.63) is 70.9 Å². The van der Waals surface area contributed by atoms with Gasteiger partial charge in [0.15, 0.2) is 16.8 Å². The lowest BCUT2D eigenvalue weighted by atomic mass is 9.93. The van der Waals surface area contributed by atoms with Gasteiger partial charge in [-0.3, -0.25) is 33.6 Å². The molecule has 0 saturated carbocycles. The number of anilines is 1. The number of carboxylic acid groups (broad SMARTS) is 2. The summed E-state index contributed by atoms with van der Waals surface area (Å²) in [5.74, 6) is -3.13. The van der Waals surface area contributed by atoms with Gasteiger partial charge >= 0.3 is 18.0 Å². The Labute approximate surface area is 376 Å². The third-order valence-electron chi connectivity index (χ3n) is 9.83. The maximum absolute atomic E-state index is 12.7. The Hall–Kier alpha value is -7.42. The van der Waals surface area contributed by atoms with E-state index in [1.54, 1.807) is 18.2 Å². The third kappa shape index (κ3) is 17.0. The normalized spacial score (nSPS) is 12.2. The van der Waals surface area contributed by atoms with Crippen LogP contribution in [0.25, 0.3) is 33.4 Å². The first kappa shape index (κ1) is 50.2. The van der Waals surface area contributed by atoms with Gasteiger partial charge in [-0.15, -0.1) is 0 Å². The Morgan fingerprint density at radius 1 is 0.754 bits per heavy atom. The highest BCUT2D eigenvalue weighted by Crippen LogP contribution is 2.40. The van der Waals surface area contributed by atoms with Crippen molar-refractivity contribution >= 4 is 82.4 Å². The van der Waals surface area contributed by atoms with Gasteiger partial charge in [-0.2, -0.15) is 0 Å². The van der Waals surface area contributed by atoms with Gasteiger partial charge in [0.1, 0.15) is 40.8 Å². The molecule has 2 aromatic rings. The highest BCUT2D eigenvalue weighted by atomic mass is 32.1. The summed E-state index contributed by atoms with van der Waals surface area (Å²) in [5, 5.41) is 42.4. The van der Waals surface area contributed by atoms with Gasteiger partial charge in [0.05, 0.1) is 6.42 Å². The summed E-state index contributed by atoms with van der Waals surface area (Å²) in [6.45, 7) is 0.703. The van der Waals surface area contributed by atoms with Crippen molar-refractivity contribution in [1.29, 1.82) is 0 Å². The van der Waals surface area contributed by atoms with E-state index in [0.29, 0.717) is 35.1 Å². The summed E-state index contributed by atoms with van der Waals surface area (Å²) in [5.41, 5.74) is 3.31. The number of aliphatic carboxylic acids is 2. The molecular weight excluding hydrogens is 871 g/mol. The molecule has 4 rings (SSSR count). The largest absolute Gasteiger partial charge is 0.508 e. The van der Waals surface area contributed by atoms with Crippen LogP contribution in [0.3, 0.4) is 0 Å². The molecule has 346 valence electrons. The highest BCUT2D eigenvalue weighted by molar-refractivity contribution is 7.80. The molecule has 0 fully saturated rings. The fourth-order valence-electron chi connectivity index (χ4n) is 6.63. The van der Waals surface area contributed by atoms with Crippen LogP contribution in [0.5, 0.6) is 5.75 Å². The second-order valence-electron chi connectivity index (χ2n) is 14.7. The van der Waals surface area contributed by atoms with E-state index in [4.69, 9.17) is 26.5 Å². The van der Waals surface area contributed by atoms with Crippen LogP contribution >= 0.6 is 12.2 Å². The SMILES string of the molecule is O=CO[C@H](CCC(=O)NCCCC(=O)CC[C@H](NC(=O)N[C@@H](CCC(=O)O)OC=O)C(=O)O)CC(=O)CCCNC(=S)Nc1ccc(-c2c3ccc(=O)cc-3oc3cc(O)ccc23)cc1. The van der Waals surface area contributed by atoms with Gasteiger partial charge in [0.25, 0.3) is 12.9 Å². The number of hydrogen-bond acceptors (Lipinski definition) is 14. The Morgan fingerprint density at radius 2 is 1.46 bits per heavy atom. The number of benzene rings is 3. The molecule has 1 aliphatic carbocycles. The number of Topliss-reactive ketones (excluding diaryl/α,β-unsaturated/α-hetero) is 2. The van der Waals surface area contributed by atoms with E-state index in [9.17, 15) is 53.4 Å². The van der Waals surface area contributed by atoms with Crippen LogP contribution in [0.15, 0.2) is 69.9 Å². The number of hydrogen-bond donors (Lipinski definition) is 8. The van der Waals surface area contributed by atoms with Crippen LogP contribution in [-0.2, 0) is 43.0 Å². The minimum Gasteiger partial charge on any atom is -0.508 e. The molecule has 2 aliphatic rings. The molecule has 1 heterocycles. The second kappa shape index (κ2) is 25.6. The van der Waals surface area contributed by atoms with E-state index in [1.807, 2.05) is 24.3 Å². The molecule has 0 radical (unpaired) electrons. The quantitative estimate of drug-likeness (QED) is 0.0131. The van der Waals surface area contributed by atoms with E-state index >= 15 is 0 Å². The number of fused-ring (bicyclic) bond motifs is 2. The third-order valence-corrected chi connectivity index (χ3v) is 10.1.